The van der Waals surface area contributed by atoms with E-state index in [1.807, 2.05) is 52.0 Å². The van der Waals surface area contributed by atoms with Gasteiger partial charge in [0.2, 0.25) is 11.8 Å². The number of carbonyl (C=O) groups excluding carboxylic acids is 2. The number of sulfonamides is 1. The molecule has 2 N–H and O–H groups in total. The molecule has 1 atom stereocenters. The van der Waals surface area contributed by atoms with Gasteiger partial charge in [0.25, 0.3) is 10.0 Å². The minimum Gasteiger partial charge on any atom is -0.359 e. The van der Waals surface area contributed by atoms with Crippen LogP contribution in [-0.2, 0) is 26.2 Å². The largest absolute Gasteiger partial charge is 0.359 e. The van der Waals surface area contributed by atoms with Crippen molar-refractivity contribution >= 4 is 27.7 Å². The van der Waals surface area contributed by atoms with Gasteiger partial charge >= 0.3 is 0 Å². The Bertz CT molecular complexity index is 1400. The number of nitrogens with zero attached hydrogens (tertiary/aromatic N) is 2. The van der Waals surface area contributed by atoms with Gasteiger partial charge in [0.05, 0.1) is 4.90 Å². The number of benzene rings is 2. The highest BCUT2D eigenvalue weighted by atomic mass is 32.2. The molecule has 0 aliphatic carbocycles. The van der Waals surface area contributed by atoms with E-state index < -0.39 is 16.1 Å². The maximum absolute atomic E-state index is 13.3. The minimum atomic E-state index is -3.95. The molecule has 210 valence electrons. The molecule has 39 heavy (non-hydrogen) atoms. The first-order valence-electron chi connectivity index (χ1n) is 13.2. The van der Waals surface area contributed by atoms with Gasteiger partial charge in [0, 0.05) is 30.6 Å². The van der Waals surface area contributed by atoms with Crippen molar-refractivity contribution in [2.45, 2.75) is 71.9 Å². The van der Waals surface area contributed by atoms with Crippen LogP contribution in [0.5, 0.6) is 0 Å². The van der Waals surface area contributed by atoms with Gasteiger partial charge in [-0.3, -0.25) is 14.3 Å². The number of aromatic nitrogens is 1. The first-order valence-corrected chi connectivity index (χ1v) is 14.7. The van der Waals surface area contributed by atoms with Crippen molar-refractivity contribution in [3.05, 3.63) is 65.4 Å². The summed E-state index contributed by atoms with van der Waals surface area (Å²) < 4.78 is 34.2. The Kier molecular flexibility index (Phi) is 9.91. The van der Waals surface area contributed by atoms with Crippen LogP contribution in [0.2, 0.25) is 0 Å². The summed E-state index contributed by atoms with van der Waals surface area (Å²) in [4.78, 5) is 27.7. The molecule has 2 aromatic carbocycles. The van der Waals surface area contributed by atoms with Gasteiger partial charge < -0.3 is 14.7 Å². The normalized spacial score (nSPS) is 12.3. The average molecular weight is 555 g/mol. The number of carbonyl (C=O) groups is 2. The molecule has 2 amide bonds. The molecule has 0 unspecified atom stereocenters. The van der Waals surface area contributed by atoms with Crippen molar-refractivity contribution in [2.24, 2.45) is 5.92 Å². The third-order valence-corrected chi connectivity index (χ3v) is 7.95. The Balaban J connectivity index is 1.92. The maximum Gasteiger partial charge on any atom is 0.263 e. The van der Waals surface area contributed by atoms with Crippen LogP contribution in [0.15, 0.2) is 57.9 Å². The van der Waals surface area contributed by atoms with Crippen molar-refractivity contribution < 1.29 is 22.5 Å². The zero-order valence-corrected chi connectivity index (χ0v) is 24.3. The van der Waals surface area contributed by atoms with Crippen molar-refractivity contribution in [1.29, 1.82) is 0 Å². The molecule has 1 aromatic heterocycles. The molecule has 0 bridgehead atoms. The van der Waals surface area contributed by atoms with E-state index in [9.17, 15) is 18.0 Å². The molecule has 0 aliphatic heterocycles. The SMILES string of the molecule is CCCC(=O)N(Cc1ccc(-c2ccccc2S(=O)(=O)Nc2noc(C)c2C)cc1)[C@H](C(=O)NCC)C(C)C. The van der Waals surface area contributed by atoms with E-state index in [2.05, 4.69) is 15.2 Å². The van der Waals surface area contributed by atoms with Gasteiger partial charge in [0.1, 0.15) is 11.8 Å². The third-order valence-electron chi connectivity index (χ3n) is 6.55. The fourth-order valence-corrected chi connectivity index (χ4v) is 5.69. The number of nitrogens with one attached hydrogen (secondary N) is 2. The minimum absolute atomic E-state index is 0.0710. The van der Waals surface area contributed by atoms with Crippen LogP contribution < -0.4 is 10.0 Å². The van der Waals surface area contributed by atoms with Crippen molar-refractivity contribution in [2.75, 3.05) is 11.3 Å². The van der Waals surface area contributed by atoms with Crippen molar-refractivity contribution in [3.8, 4) is 11.1 Å². The van der Waals surface area contributed by atoms with Crippen LogP contribution >= 0.6 is 0 Å². The zero-order chi connectivity index (χ0) is 28.7. The van der Waals surface area contributed by atoms with E-state index in [1.165, 1.54) is 0 Å². The first kappa shape index (κ1) is 29.9. The fraction of sp³-hybridized carbons (Fsp3) is 0.414. The number of amides is 2. The highest BCUT2D eigenvalue weighted by Crippen LogP contribution is 2.30. The summed E-state index contributed by atoms with van der Waals surface area (Å²) in [5, 5.41) is 6.68. The third kappa shape index (κ3) is 7.06. The molecular weight excluding hydrogens is 516 g/mol. The Hall–Kier alpha value is -3.66. The maximum atomic E-state index is 13.3. The van der Waals surface area contributed by atoms with Gasteiger partial charge in [-0.05, 0) is 50.3 Å². The number of hydrogen-bond donors (Lipinski definition) is 2. The van der Waals surface area contributed by atoms with E-state index in [4.69, 9.17) is 4.52 Å². The van der Waals surface area contributed by atoms with Gasteiger partial charge in [-0.25, -0.2) is 8.42 Å². The Labute approximate surface area is 231 Å². The summed E-state index contributed by atoms with van der Waals surface area (Å²) in [6.45, 7) is 11.9. The number of hydrogen-bond acceptors (Lipinski definition) is 6. The summed E-state index contributed by atoms with van der Waals surface area (Å²) in [5.74, 6) is 0.375. The van der Waals surface area contributed by atoms with Gasteiger partial charge in [0.15, 0.2) is 5.82 Å². The van der Waals surface area contributed by atoms with E-state index >= 15 is 0 Å². The summed E-state index contributed by atoms with van der Waals surface area (Å²) in [6.07, 6.45) is 1.03. The van der Waals surface area contributed by atoms with Gasteiger partial charge in [-0.15, -0.1) is 0 Å². The molecule has 9 nitrogen and oxygen atoms in total. The molecule has 0 radical (unpaired) electrons. The lowest BCUT2D eigenvalue weighted by Gasteiger charge is -2.33. The Morgan fingerprint density at radius 1 is 1.03 bits per heavy atom. The molecular formula is C29H38N4O5S. The molecule has 3 aromatic rings. The van der Waals surface area contributed by atoms with Crippen molar-refractivity contribution in [3.63, 3.8) is 0 Å². The van der Waals surface area contributed by atoms with Crippen LogP contribution in [0.1, 0.15) is 57.4 Å². The lowest BCUT2D eigenvalue weighted by Crippen LogP contribution is -2.51. The number of anilines is 1. The lowest BCUT2D eigenvalue weighted by molar-refractivity contribution is -0.143. The second-order valence-electron chi connectivity index (χ2n) is 9.87. The summed E-state index contributed by atoms with van der Waals surface area (Å²) in [7, 11) is -3.95. The molecule has 0 aliphatic rings. The molecule has 0 saturated heterocycles. The molecule has 10 heteroatoms. The van der Waals surface area contributed by atoms with Crippen molar-refractivity contribution in [1.82, 2.24) is 15.4 Å². The lowest BCUT2D eigenvalue weighted by atomic mass is 9.99. The van der Waals surface area contributed by atoms with E-state index in [0.29, 0.717) is 41.8 Å². The monoisotopic (exact) mass is 554 g/mol. The quantitative estimate of drug-likeness (QED) is 0.323. The summed E-state index contributed by atoms with van der Waals surface area (Å²) >= 11 is 0. The molecule has 1 heterocycles. The Morgan fingerprint density at radius 3 is 2.26 bits per heavy atom. The highest BCUT2D eigenvalue weighted by Gasteiger charge is 2.32. The molecule has 0 spiro atoms. The molecule has 0 fully saturated rings. The van der Waals surface area contributed by atoms with E-state index in [-0.39, 0.29) is 35.0 Å². The molecule has 3 rings (SSSR count). The topological polar surface area (TPSA) is 122 Å². The average Bonchev–Trinajstić information content (AvgIpc) is 3.20. The second-order valence-corrected chi connectivity index (χ2v) is 11.5. The smallest absolute Gasteiger partial charge is 0.263 e. The Morgan fingerprint density at radius 2 is 1.69 bits per heavy atom. The van der Waals surface area contributed by atoms with Gasteiger partial charge in [-0.2, -0.15) is 0 Å². The van der Waals surface area contributed by atoms with E-state index in [1.54, 1.807) is 43.0 Å². The standard InChI is InChI=1S/C29H38N4O5S/c1-7-11-26(34)33(27(19(3)4)29(35)30-8-2)18-22-14-16-23(17-15-22)24-12-9-10-13-25(24)39(36,37)32-28-20(5)21(6)38-31-28/h9-10,12-17,19,27H,7-8,11,18H2,1-6H3,(H,30,35)(H,31,32)/t27-/m0/s1. The fourth-order valence-electron chi connectivity index (χ4n) is 4.40. The van der Waals surface area contributed by atoms with Crippen LogP contribution in [0, 0.1) is 19.8 Å². The van der Waals surface area contributed by atoms with Crippen LogP contribution in [0.4, 0.5) is 5.82 Å². The summed E-state index contributed by atoms with van der Waals surface area (Å²) in [5.41, 5.74) is 2.68. The predicted octanol–water partition coefficient (Wildman–Crippen LogP) is 5.05. The highest BCUT2D eigenvalue weighted by molar-refractivity contribution is 7.92. The summed E-state index contributed by atoms with van der Waals surface area (Å²) in [6, 6.07) is 13.5. The van der Waals surface area contributed by atoms with Crippen LogP contribution in [-0.4, -0.2) is 42.9 Å². The molecule has 0 saturated carbocycles. The van der Waals surface area contributed by atoms with E-state index in [0.717, 1.165) is 5.56 Å². The van der Waals surface area contributed by atoms with Gasteiger partial charge in [-0.1, -0.05) is 68.4 Å². The number of rotatable bonds is 12. The number of likely N-dealkylation sites (N-methyl/N-ethyl adjacent to an activating group) is 1. The number of aryl methyl sites for hydroxylation is 1. The van der Waals surface area contributed by atoms with Crippen LogP contribution in [0.25, 0.3) is 11.1 Å². The predicted molar refractivity (Wildman–Crippen MR) is 151 cm³/mol. The first-order chi connectivity index (χ1) is 18.5. The zero-order valence-electron chi connectivity index (χ0n) is 23.4. The van der Waals surface area contributed by atoms with Crippen LogP contribution in [0.3, 0.4) is 0 Å². The second kappa shape index (κ2) is 12.9.